The predicted molar refractivity (Wildman–Crippen MR) is 78.8 cm³/mol. The molecule has 1 amide bonds. The lowest BCUT2D eigenvalue weighted by atomic mass is 10.0. The number of non-ortho nitro benzene ring substituents is 1. The average molecular weight is 333 g/mol. The van der Waals surface area contributed by atoms with E-state index in [0.717, 1.165) is 31.4 Å². The van der Waals surface area contributed by atoms with Crippen LogP contribution in [0.1, 0.15) is 29.6 Å². The van der Waals surface area contributed by atoms with Crippen LogP contribution in [0.4, 0.5) is 5.69 Å². The van der Waals surface area contributed by atoms with Crippen molar-refractivity contribution >= 4 is 34.8 Å². The highest BCUT2D eigenvalue weighted by molar-refractivity contribution is 6.44. The van der Waals surface area contributed by atoms with Crippen LogP contribution < -0.4 is 5.32 Å². The minimum atomic E-state index is -0.634. The summed E-state index contributed by atoms with van der Waals surface area (Å²) in [6.45, 7) is -0.00558. The molecule has 2 unspecified atom stereocenters. The molecule has 0 heterocycles. The molecule has 0 spiro atoms. The molecule has 0 aliphatic heterocycles. The first-order valence-corrected chi connectivity index (χ1v) is 7.24. The smallest absolute Gasteiger partial charge is 0.271 e. The number of rotatable bonds is 4. The van der Waals surface area contributed by atoms with Crippen LogP contribution in [0.15, 0.2) is 12.1 Å². The minimum Gasteiger partial charge on any atom is -0.396 e. The number of nitrogens with zero attached hydrogens (tertiary/aromatic N) is 1. The van der Waals surface area contributed by atoms with Crippen LogP contribution >= 0.6 is 23.2 Å². The number of carbonyl (C=O) groups excluding carboxylic acids is 1. The van der Waals surface area contributed by atoms with Gasteiger partial charge in [-0.15, -0.1) is 0 Å². The van der Waals surface area contributed by atoms with E-state index in [2.05, 4.69) is 5.32 Å². The first-order valence-electron chi connectivity index (χ1n) is 6.49. The summed E-state index contributed by atoms with van der Waals surface area (Å²) in [7, 11) is 0. The normalized spacial score (nSPS) is 21.3. The van der Waals surface area contributed by atoms with Gasteiger partial charge in [-0.3, -0.25) is 14.9 Å². The summed E-state index contributed by atoms with van der Waals surface area (Å²) in [5.74, 6) is -0.516. The summed E-state index contributed by atoms with van der Waals surface area (Å²) in [6, 6.07) is 2.05. The van der Waals surface area contributed by atoms with Crippen molar-refractivity contribution in [2.24, 2.45) is 5.92 Å². The van der Waals surface area contributed by atoms with Crippen molar-refractivity contribution in [3.05, 3.63) is 37.9 Å². The van der Waals surface area contributed by atoms with E-state index in [1.54, 1.807) is 0 Å². The molecule has 1 aliphatic carbocycles. The van der Waals surface area contributed by atoms with Gasteiger partial charge in [0.25, 0.3) is 11.6 Å². The molecule has 1 saturated carbocycles. The van der Waals surface area contributed by atoms with E-state index < -0.39 is 10.8 Å². The Bertz CT molecular complexity index is 580. The average Bonchev–Trinajstić information content (AvgIpc) is 2.88. The SMILES string of the molecule is O=C(NC1CCCC1CO)c1cc([N+](=O)[O-])cc(Cl)c1Cl. The zero-order chi connectivity index (χ0) is 15.6. The fraction of sp³-hybridized carbons (Fsp3) is 0.462. The lowest BCUT2D eigenvalue weighted by Crippen LogP contribution is -2.38. The van der Waals surface area contributed by atoms with Crippen LogP contribution in [0.25, 0.3) is 0 Å². The van der Waals surface area contributed by atoms with Crippen LogP contribution in [0.3, 0.4) is 0 Å². The first-order chi connectivity index (χ1) is 9.93. The van der Waals surface area contributed by atoms with Gasteiger partial charge in [0.1, 0.15) is 0 Å². The van der Waals surface area contributed by atoms with Gasteiger partial charge < -0.3 is 10.4 Å². The number of aliphatic hydroxyl groups is 1. The van der Waals surface area contributed by atoms with Gasteiger partial charge in [0.15, 0.2) is 0 Å². The molecule has 2 atom stereocenters. The topological polar surface area (TPSA) is 92.5 Å². The van der Waals surface area contributed by atoms with Crippen molar-refractivity contribution in [1.82, 2.24) is 5.32 Å². The lowest BCUT2D eigenvalue weighted by Gasteiger charge is -2.19. The predicted octanol–water partition coefficient (Wildman–Crippen LogP) is 2.79. The van der Waals surface area contributed by atoms with Crippen LogP contribution in [0, 0.1) is 16.0 Å². The second kappa shape index (κ2) is 6.60. The van der Waals surface area contributed by atoms with E-state index in [4.69, 9.17) is 23.2 Å². The van der Waals surface area contributed by atoms with Crippen molar-refractivity contribution in [3.8, 4) is 0 Å². The molecule has 1 aromatic rings. The number of amides is 1. The Balaban J connectivity index is 2.24. The Morgan fingerprint density at radius 3 is 2.76 bits per heavy atom. The van der Waals surface area contributed by atoms with Crippen molar-refractivity contribution in [2.75, 3.05) is 6.61 Å². The number of nitro groups is 1. The molecule has 2 rings (SSSR count). The minimum absolute atomic E-state index is 0.00176. The highest BCUT2D eigenvalue weighted by Gasteiger charge is 2.29. The summed E-state index contributed by atoms with van der Waals surface area (Å²) < 4.78 is 0. The van der Waals surface area contributed by atoms with Crippen molar-refractivity contribution in [3.63, 3.8) is 0 Å². The summed E-state index contributed by atoms with van der Waals surface area (Å²) in [6.07, 6.45) is 2.52. The maximum Gasteiger partial charge on any atom is 0.271 e. The van der Waals surface area contributed by atoms with E-state index >= 15 is 0 Å². The molecule has 8 heteroatoms. The fourth-order valence-corrected chi connectivity index (χ4v) is 2.95. The molecular weight excluding hydrogens is 319 g/mol. The molecule has 0 saturated heterocycles. The molecule has 0 radical (unpaired) electrons. The van der Waals surface area contributed by atoms with Gasteiger partial charge in [-0.05, 0) is 12.8 Å². The molecule has 6 nitrogen and oxygen atoms in total. The van der Waals surface area contributed by atoms with Gasteiger partial charge in [-0.1, -0.05) is 29.6 Å². The molecule has 2 N–H and O–H groups in total. The van der Waals surface area contributed by atoms with Gasteiger partial charge in [-0.2, -0.15) is 0 Å². The number of benzene rings is 1. The van der Waals surface area contributed by atoms with Crippen molar-refractivity contribution < 1.29 is 14.8 Å². The fourth-order valence-electron chi connectivity index (χ4n) is 2.54. The van der Waals surface area contributed by atoms with Crippen LogP contribution in [-0.4, -0.2) is 28.6 Å². The van der Waals surface area contributed by atoms with E-state index in [9.17, 15) is 20.0 Å². The summed E-state index contributed by atoms with van der Waals surface area (Å²) in [5.41, 5.74) is -0.320. The highest BCUT2D eigenvalue weighted by Crippen LogP contribution is 2.32. The third kappa shape index (κ3) is 3.45. The van der Waals surface area contributed by atoms with Crippen LogP contribution in [-0.2, 0) is 0 Å². The monoisotopic (exact) mass is 332 g/mol. The zero-order valence-electron chi connectivity index (χ0n) is 11.0. The van der Waals surface area contributed by atoms with Crippen molar-refractivity contribution in [2.45, 2.75) is 25.3 Å². The summed E-state index contributed by atoms with van der Waals surface area (Å²) in [5, 5.41) is 22.8. The Morgan fingerprint density at radius 2 is 2.14 bits per heavy atom. The number of halogens is 2. The summed E-state index contributed by atoms with van der Waals surface area (Å²) >= 11 is 11.8. The standard InChI is InChI=1S/C13H14Cl2N2O4/c14-10-5-8(17(20)21)4-9(12(10)15)13(19)16-11-3-1-2-7(11)6-18/h4-5,7,11,18H,1-3,6H2,(H,16,19). The second-order valence-electron chi connectivity index (χ2n) is 5.00. The Kier molecular flexibility index (Phi) is 5.03. The lowest BCUT2D eigenvalue weighted by molar-refractivity contribution is -0.384. The maximum atomic E-state index is 12.3. The third-order valence-corrected chi connectivity index (χ3v) is 4.48. The van der Waals surface area contributed by atoms with Crippen LogP contribution in [0.5, 0.6) is 0 Å². The van der Waals surface area contributed by atoms with Gasteiger partial charge in [0.05, 0.1) is 20.5 Å². The summed E-state index contributed by atoms with van der Waals surface area (Å²) in [4.78, 5) is 22.4. The number of hydrogen-bond acceptors (Lipinski definition) is 4. The first kappa shape index (κ1) is 16.0. The Morgan fingerprint density at radius 1 is 1.43 bits per heavy atom. The van der Waals surface area contributed by atoms with E-state index in [1.807, 2.05) is 0 Å². The molecule has 1 aliphatic rings. The van der Waals surface area contributed by atoms with E-state index in [1.165, 1.54) is 0 Å². The maximum absolute atomic E-state index is 12.3. The molecule has 1 aromatic carbocycles. The van der Waals surface area contributed by atoms with E-state index in [-0.39, 0.29) is 39.9 Å². The van der Waals surface area contributed by atoms with Gasteiger partial charge in [-0.25, -0.2) is 0 Å². The molecular formula is C13H14Cl2N2O4. The van der Waals surface area contributed by atoms with Crippen LogP contribution in [0.2, 0.25) is 10.0 Å². The van der Waals surface area contributed by atoms with Gasteiger partial charge >= 0.3 is 0 Å². The molecule has 0 aromatic heterocycles. The number of nitrogens with one attached hydrogen (secondary N) is 1. The Labute approximate surface area is 131 Å². The van der Waals surface area contributed by atoms with Crippen molar-refractivity contribution in [1.29, 1.82) is 0 Å². The molecule has 1 fully saturated rings. The number of nitro benzene ring substituents is 1. The largest absolute Gasteiger partial charge is 0.396 e. The number of hydrogen-bond donors (Lipinski definition) is 2. The number of carbonyl (C=O) groups is 1. The highest BCUT2D eigenvalue weighted by atomic mass is 35.5. The Hall–Kier alpha value is -1.37. The third-order valence-electron chi connectivity index (χ3n) is 3.68. The quantitative estimate of drug-likeness (QED) is 0.654. The molecule has 21 heavy (non-hydrogen) atoms. The zero-order valence-corrected chi connectivity index (χ0v) is 12.5. The van der Waals surface area contributed by atoms with Gasteiger partial charge in [0, 0.05) is 30.7 Å². The molecule has 0 bridgehead atoms. The number of aliphatic hydroxyl groups excluding tert-OH is 1. The van der Waals surface area contributed by atoms with E-state index in [0.29, 0.717) is 0 Å². The van der Waals surface area contributed by atoms with Gasteiger partial charge in [0.2, 0.25) is 0 Å². The second-order valence-corrected chi connectivity index (χ2v) is 5.78. The molecule has 114 valence electrons.